The first-order chi connectivity index (χ1) is 15.2. The van der Waals surface area contributed by atoms with Crippen molar-refractivity contribution in [2.75, 3.05) is 20.1 Å². The molecule has 172 valence electrons. The summed E-state index contributed by atoms with van der Waals surface area (Å²) in [6.07, 6.45) is 1.32. The molecule has 1 saturated heterocycles. The topological polar surface area (TPSA) is 129 Å². The molecule has 1 aromatic carbocycles. The van der Waals surface area contributed by atoms with E-state index in [2.05, 4.69) is 10.2 Å². The van der Waals surface area contributed by atoms with Crippen LogP contribution in [-0.2, 0) is 26.2 Å². The lowest BCUT2D eigenvalue weighted by Gasteiger charge is -2.61. The third kappa shape index (κ3) is 2.74. The fourth-order valence-corrected chi connectivity index (χ4v) is 6.06. The number of esters is 1. The Morgan fingerprint density at radius 1 is 1.41 bits per heavy atom. The molecule has 0 unspecified atom stereocenters. The van der Waals surface area contributed by atoms with Crippen LogP contribution >= 0.6 is 0 Å². The highest BCUT2D eigenvalue weighted by atomic mass is 16.6. The first-order valence-corrected chi connectivity index (χ1v) is 11.0. The summed E-state index contributed by atoms with van der Waals surface area (Å²) in [6.45, 7) is 2.13. The highest BCUT2D eigenvalue weighted by Gasteiger charge is 2.72. The third-order valence-electron chi connectivity index (χ3n) is 7.59. The van der Waals surface area contributed by atoms with Gasteiger partial charge in [-0.3, -0.25) is 9.59 Å². The van der Waals surface area contributed by atoms with Crippen molar-refractivity contribution >= 4 is 11.9 Å². The fraction of sp³-hybridized carbons (Fsp3) is 0.565. The second kappa shape index (κ2) is 7.19. The molecule has 2 heterocycles. The molecule has 1 aromatic rings. The molecule has 0 saturated carbocycles. The number of likely N-dealkylation sites (tertiary alicyclic amines) is 1. The van der Waals surface area contributed by atoms with Crippen LogP contribution in [0.25, 0.3) is 0 Å². The summed E-state index contributed by atoms with van der Waals surface area (Å²) in [5.74, 6) is -0.405. The number of hydrogen-bond acceptors (Lipinski definition) is 8. The van der Waals surface area contributed by atoms with E-state index < -0.39 is 35.1 Å². The lowest BCUT2D eigenvalue weighted by atomic mass is 9.50. The molecular formula is C23H28N2O7. The molecule has 9 heteroatoms. The molecule has 2 aliphatic carbocycles. The minimum absolute atomic E-state index is 0.0127. The van der Waals surface area contributed by atoms with Gasteiger partial charge in [-0.15, -0.1) is 0 Å². The average molecular weight is 444 g/mol. The Morgan fingerprint density at radius 2 is 2.19 bits per heavy atom. The molecular weight excluding hydrogens is 416 g/mol. The van der Waals surface area contributed by atoms with Crippen molar-refractivity contribution in [2.45, 2.75) is 61.9 Å². The van der Waals surface area contributed by atoms with Crippen LogP contribution < -0.4 is 10.1 Å². The Hall–Kier alpha value is -2.62. The number of aliphatic hydroxyl groups excluding tert-OH is 1. The van der Waals surface area contributed by atoms with Gasteiger partial charge in [0.15, 0.2) is 17.6 Å². The molecule has 1 fully saturated rings. The lowest BCUT2D eigenvalue weighted by Crippen LogP contribution is -2.74. The number of phenols is 1. The van der Waals surface area contributed by atoms with Crippen LogP contribution in [0.15, 0.2) is 24.0 Å². The highest BCUT2D eigenvalue weighted by Crippen LogP contribution is 2.65. The summed E-state index contributed by atoms with van der Waals surface area (Å²) in [5.41, 5.74) is -0.0515. The van der Waals surface area contributed by atoms with Crippen molar-refractivity contribution in [3.8, 4) is 11.5 Å². The average Bonchev–Trinajstić information content (AvgIpc) is 3.10. The van der Waals surface area contributed by atoms with Crippen molar-refractivity contribution in [3.05, 3.63) is 35.1 Å². The number of likely N-dealkylation sites (N-methyl/N-ethyl adjacent to an activating group) is 1. The van der Waals surface area contributed by atoms with E-state index >= 15 is 0 Å². The number of benzene rings is 1. The normalized spacial score (nSPS) is 32.9. The van der Waals surface area contributed by atoms with Crippen molar-refractivity contribution in [3.63, 3.8) is 0 Å². The zero-order valence-corrected chi connectivity index (χ0v) is 18.1. The first kappa shape index (κ1) is 21.2. The molecule has 4 N–H and O–H groups in total. The summed E-state index contributed by atoms with van der Waals surface area (Å²) >= 11 is 0. The largest absolute Gasteiger partial charge is 0.504 e. The summed E-state index contributed by atoms with van der Waals surface area (Å²) in [5, 5.41) is 34.2. The fourth-order valence-electron chi connectivity index (χ4n) is 6.06. The zero-order valence-electron chi connectivity index (χ0n) is 18.1. The van der Waals surface area contributed by atoms with Crippen molar-refractivity contribution in [1.29, 1.82) is 0 Å². The van der Waals surface area contributed by atoms with Gasteiger partial charge in [-0.2, -0.15) is 0 Å². The van der Waals surface area contributed by atoms with Crippen molar-refractivity contribution < 1.29 is 34.4 Å². The molecule has 1 spiro atoms. The molecule has 9 nitrogen and oxygen atoms in total. The minimum Gasteiger partial charge on any atom is -0.504 e. The molecule has 2 bridgehead atoms. The van der Waals surface area contributed by atoms with E-state index in [1.807, 2.05) is 13.1 Å². The summed E-state index contributed by atoms with van der Waals surface area (Å²) in [4.78, 5) is 26.2. The first-order valence-electron chi connectivity index (χ1n) is 11.0. The number of rotatable bonds is 5. The molecule has 5 rings (SSSR count). The van der Waals surface area contributed by atoms with Crippen molar-refractivity contribution in [1.82, 2.24) is 10.2 Å². The standard InChI is InChI=1S/C23H28N2O7/c1-12(26)21(29)24-9-6-17(28)31-15-5-7-23(30)16-11-13-3-4-14(27)19-18(13)22(23,20(15)32-19)8-10-25(16)2/h3-5,12,16,20,26-27,30H,6-11H2,1-2H3,(H,24,29)/t12-,16-,20-,22-,23+/m0/s1. The predicted octanol–water partition coefficient (Wildman–Crippen LogP) is 0.100. The maximum atomic E-state index is 12.5. The van der Waals surface area contributed by atoms with E-state index in [0.29, 0.717) is 30.8 Å². The molecule has 0 radical (unpaired) electrons. The van der Waals surface area contributed by atoms with Crippen LogP contribution in [0.4, 0.5) is 0 Å². The lowest BCUT2D eigenvalue weighted by molar-refractivity contribution is -0.169. The van der Waals surface area contributed by atoms with E-state index in [0.717, 1.165) is 17.7 Å². The summed E-state index contributed by atoms with van der Waals surface area (Å²) in [6, 6.07) is 3.39. The quantitative estimate of drug-likeness (QED) is 0.471. The maximum Gasteiger partial charge on any atom is 0.312 e. The van der Waals surface area contributed by atoms with E-state index in [1.54, 1.807) is 12.1 Å². The van der Waals surface area contributed by atoms with Crippen LogP contribution in [0.2, 0.25) is 0 Å². The van der Waals surface area contributed by atoms with Gasteiger partial charge in [-0.1, -0.05) is 6.07 Å². The molecule has 32 heavy (non-hydrogen) atoms. The number of phenolic OH excluding ortho intramolecular Hbond substituents is 1. The van der Waals surface area contributed by atoms with Crippen LogP contribution in [0, 0.1) is 0 Å². The highest BCUT2D eigenvalue weighted by molar-refractivity contribution is 5.80. The Morgan fingerprint density at radius 3 is 2.94 bits per heavy atom. The Labute approximate surface area is 185 Å². The monoisotopic (exact) mass is 444 g/mol. The van der Waals surface area contributed by atoms with Crippen LogP contribution in [0.3, 0.4) is 0 Å². The van der Waals surface area contributed by atoms with Gasteiger partial charge in [-0.05, 0) is 51.1 Å². The van der Waals surface area contributed by atoms with Crippen LogP contribution in [0.1, 0.15) is 37.3 Å². The third-order valence-corrected chi connectivity index (χ3v) is 7.59. The van der Waals surface area contributed by atoms with Crippen LogP contribution in [-0.4, -0.2) is 76.1 Å². The number of aliphatic hydroxyl groups is 2. The van der Waals surface area contributed by atoms with Crippen LogP contribution in [0.5, 0.6) is 11.5 Å². The Bertz CT molecular complexity index is 1020. The van der Waals surface area contributed by atoms with Gasteiger partial charge in [-0.25, -0.2) is 0 Å². The van der Waals surface area contributed by atoms with Gasteiger partial charge in [0.05, 0.1) is 17.4 Å². The Kier molecular flexibility index (Phi) is 4.77. The van der Waals surface area contributed by atoms with E-state index in [9.17, 15) is 24.9 Å². The number of carbonyl (C=O) groups is 2. The maximum absolute atomic E-state index is 12.5. The van der Waals surface area contributed by atoms with Crippen molar-refractivity contribution in [2.24, 2.45) is 0 Å². The number of ether oxygens (including phenoxy) is 2. The SMILES string of the molecule is C[C@H](O)C(=O)NCCC(=O)OC1=CC[C@@]2(O)[C@@H]3Cc4ccc(O)c5c4[C@@]2(CCN3C)[C@H]1O5. The molecule has 2 aliphatic heterocycles. The number of carbonyl (C=O) groups excluding carboxylic acids is 2. The molecule has 0 aromatic heterocycles. The van der Waals surface area contributed by atoms with Gasteiger partial charge in [0, 0.05) is 24.6 Å². The van der Waals surface area contributed by atoms with E-state index in [-0.39, 0.29) is 24.8 Å². The number of aromatic hydroxyl groups is 1. The number of hydrogen-bond donors (Lipinski definition) is 4. The molecule has 1 amide bonds. The smallest absolute Gasteiger partial charge is 0.312 e. The predicted molar refractivity (Wildman–Crippen MR) is 112 cm³/mol. The van der Waals surface area contributed by atoms with Gasteiger partial charge in [0.25, 0.3) is 0 Å². The summed E-state index contributed by atoms with van der Waals surface area (Å²) in [7, 11) is 2.01. The Balaban J connectivity index is 1.45. The van der Waals surface area contributed by atoms with Gasteiger partial charge in [0.2, 0.25) is 5.91 Å². The molecule has 5 atom stereocenters. The number of nitrogens with zero attached hydrogens (tertiary/aromatic N) is 1. The number of piperidine rings is 1. The van der Waals surface area contributed by atoms with Gasteiger partial charge >= 0.3 is 5.97 Å². The van der Waals surface area contributed by atoms with Gasteiger partial charge in [0.1, 0.15) is 11.9 Å². The summed E-state index contributed by atoms with van der Waals surface area (Å²) < 4.78 is 11.9. The second-order valence-electron chi connectivity index (χ2n) is 9.29. The van der Waals surface area contributed by atoms with Gasteiger partial charge < -0.3 is 35.0 Å². The van der Waals surface area contributed by atoms with E-state index in [1.165, 1.54) is 6.92 Å². The number of amides is 1. The molecule has 4 aliphatic rings. The van der Waals surface area contributed by atoms with E-state index in [4.69, 9.17) is 9.47 Å². The second-order valence-corrected chi connectivity index (χ2v) is 9.29. The number of nitrogens with one attached hydrogen (secondary N) is 1. The zero-order chi connectivity index (χ0) is 22.8. The minimum atomic E-state index is -1.15.